The van der Waals surface area contributed by atoms with Crippen LogP contribution in [0.25, 0.3) is 0 Å². The molecule has 0 aromatic heterocycles. The van der Waals surface area contributed by atoms with Gasteiger partial charge in [-0.25, -0.2) is 5.01 Å². The molecule has 1 atom stereocenters. The highest BCUT2D eigenvalue weighted by Gasteiger charge is 2.53. The van der Waals surface area contributed by atoms with Crippen molar-refractivity contribution in [3.05, 3.63) is 33.8 Å². The molecule has 0 bridgehead atoms. The van der Waals surface area contributed by atoms with Crippen LogP contribution in [-0.4, -0.2) is 34.3 Å². The third-order valence-electron chi connectivity index (χ3n) is 2.88. The van der Waals surface area contributed by atoms with E-state index in [0.717, 1.165) is 5.01 Å². The van der Waals surface area contributed by atoms with E-state index in [1.165, 1.54) is 32.2 Å². The Hall–Kier alpha value is -1.10. The lowest BCUT2D eigenvalue weighted by atomic mass is 9.92. The van der Waals surface area contributed by atoms with Crippen molar-refractivity contribution in [1.29, 1.82) is 0 Å². The number of alkyl halides is 1. The highest BCUT2D eigenvalue weighted by atomic mass is 35.5. The van der Waals surface area contributed by atoms with Gasteiger partial charge in [0.1, 0.15) is 0 Å². The molecule has 1 heterocycles. The molecule has 0 saturated heterocycles. The van der Waals surface area contributed by atoms with Gasteiger partial charge in [0.2, 0.25) is 10.7 Å². The summed E-state index contributed by atoms with van der Waals surface area (Å²) < 4.78 is 0. The van der Waals surface area contributed by atoms with Crippen molar-refractivity contribution in [2.24, 2.45) is 5.10 Å². The van der Waals surface area contributed by atoms with Crippen molar-refractivity contribution in [2.45, 2.75) is 11.8 Å². The Labute approximate surface area is 124 Å². The van der Waals surface area contributed by atoms with E-state index in [1.807, 2.05) is 0 Å². The van der Waals surface area contributed by atoms with Gasteiger partial charge in [-0.05, 0) is 25.1 Å². The van der Waals surface area contributed by atoms with Crippen LogP contribution in [0.4, 0.5) is 0 Å². The van der Waals surface area contributed by atoms with Gasteiger partial charge in [0.15, 0.2) is 0 Å². The number of Topliss-reactive ketones (excluding diaryl/α,β-unsaturated/α-hetero) is 1. The molecule has 100 valence electrons. The lowest BCUT2D eigenvalue weighted by Crippen LogP contribution is -2.47. The highest BCUT2D eigenvalue weighted by molar-refractivity contribution is 6.61. The monoisotopic (exact) mass is 318 g/mol. The second-order valence-corrected chi connectivity index (χ2v) is 5.54. The van der Waals surface area contributed by atoms with Crippen LogP contribution in [0.5, 0.6) is 0 Å². The van der Waals surface area contributed by atoms with Gasteiger partial charge in [0.05, 0.1) is 10.7 Å². The van der Waals surface area contributed by atoms with Gasteiger partial charge >= 0.3 is 0 Å². The van der Waals surface area contributed by atoms with Crippen molar-refractivity contribution < 1.29 is 9.59 Å². The van der Waals surface area contributed by atoms with Crippen molar-refractivity contribution in [1.82, 2.24) is 5.01 Å². The highest BCUT2D eigenvalue weighted by Crippen LogP contribution is 2.33. The van der Waals surface area contributed by atoms with Crippen LogP contribution in [0.15, 0.2) is 23.3 Å². The van der Waals surface area contributed by atoms with Crippen LogP contribution in [0.1, 0.15) is 17.3 Å². The summed E-state index contributed by atoms with van der Waals surface area (Å²) in [6.07, 6.45) is 0. The summed E-state index contributed by atoms with van der Waals surface area (Å²) >= 11 is 17.9. The predicted octanol–water partition coefficient (Wildman–Crippen LogP) is 3.00. The first-order valence-corrected chi connectivity index (χ1v) is 6.44. The minimum absolute atomic E-state index is 0.138. The molecule has 19 heavy (non-hydrogen) atoms. The van der Waals surface area contributed by atoms with Crippen LogP contribution >= 0.6 is 34.8 Å². The lowest BCUT2D eigenvalue weighted by molar-refractivity contribution is -0.128. The van der Waals surface area contributed by atoms with Crippen LogP contribution in [0, 0.1) is 0 Å². The average molecular weight is 320 g/mol. The van der Waals surface area contributed by atoms with E-state index in [1.54, 1.807) is 0 Å². The normalized spacial score (nSPS) is 22.7. The number of halogens is 3. The van der Waals surface area contributed by atoms with Crippen LogP contribution < -0.4 is 0 Å². The minimum atomic E-state index is -1.83. The van der Waals surface area contributed by atoms with E-state index in [-0.39, 0.29) is 16.3 Å². The maximum absolute atomic E-state index is 12.5. The van der Waals surface area contributed by atoms with E-state index in [4.69, 9.17) is 34.8 Å². The Balaban J connectivity index is 2.50. The number of carbonyl (C=O) groups is 2. The van der Waals surface area contributed by atoms with E-state index in [2.05, 4.69) is 5.10 Å². The number of hydrogen-bond acceptors (Lipinski definition) is 3. The number of amides is 1. The fourth-order valence-corrected chi connectivity index (χ4v) is 2.59. The third-order valence-corrected chi connectivity index (χ3v) is 4.03. The van der Waals surface area contributed by atoms with Gasteiger partial charge in [0.25, 0.3) is 5.91 Å². The van der Waals surface area contributed by atoms with Crippen LogP contribution in [0.3, 0.4) is 0 Å². The second kappa shape index (κ2) is 4.78. The van der Waals surface area contributed by atoms with Crippen LogP contribution in [-0.2, 0) is 4.79 Å². The Morgan fingerprint density at radius 2 is 2.00 bits per heavy atom. The first-order valence-electron chi connectivity index (χ1n) is 5.31. The largest absolute Gasteiger partial charge is 0.291 e. The summed E-state index contributed by atoms with van der Waals surface area (Å²) in [5, 5.41) is 5.48. The first-order chi connectivity index (χ1) is 8.78. The number of ketones is 1. The number of nitrogens with zero attached hydrogens (tertiary/aromatic N) is 2. The predicted molar refractivity (Wildman–Crippen MR) is 75.3 cm³/mol. The smallest absolute Gasteiger partial charge is 0.277 e. The zero-order valence-corrected chi connectivity index (χ0v) is 12.3. The number of rotatable bonds is 2. The van der Waals surface area contributed by atoms with E-state index >= 15 is 0 Å². The average Bonchev–Trinajstić information content (AvgIpc) is 2.53. The van der Waals surface area contributed by atoms with Gasteiger partial charge in [-0.1, -0.05) is 34.8 Å². The topological polar surface area (TPSA) is 49.7 Å². The Morgan fingerprint density at radius 3 is 2.47 bits per heavy atom. The summed E-state index contributed by atoms with van der Waals surface area (Å²) in [6, 6.07) is 4.37. The maximum atomic E-state index is 12.5. The Kier molecular flexibility index (Phi) is 3.60. The molecule has 1 aliphatic rings. The molecule has 0 fully saturated rings. The van der Waals surface area contributed by atoms with Gasteiger partial charge in [-0.3, -0.25) is 9.59 Å². The maximum Gasteiger partial charge on any atom is 0.277 e. The number of hydrogen-bond donors (Lipinski definition) is 0. The molecule has 4 nitrogen and oxygen atoms in total. The Morgan fingerprint density at radius 1 is 1.37 bits per heavy atom. The fourth-order valence-electron chi connectivity index (χ4n) is 1.84. The van der Waals surface area contributed by atoms with Crippen molar-refractivity contribution in [3.8, 4) is 0 Å². The minimum Gasteiger partial charge on any atom is -0.291 e. The SMILES string of the molecule is CC1=NN(C)C(=O)C1(Cl)C(=O)c1ccc(Cl)cc1Cl. The summed E-state index contributed by atoms with van der Waals surface area (Å²) in [5.74, 6) is -1.20. The summed E-state index contributed by atoms with van der Waals surface area (Å²) in [4.78, 5) is 22.7. The molecule has 0 N–H and O–H groups in total. The van der Waals surface area contributed by atoms with Crippen molar-refractivity contribution in [3.63, 3.8) is 0 Å². The molecule has 2 rings (SSSR count). The molecule has 0 aliphatic carbocycles. The van der Waals surface area contributed by atoms with Gasteiger partial charge in [-0.2, -0.15) is 5.10 Å². The molecule has 0 spiro atoms. The third kappa shape index (κ3) is 2.14. The van der Waals surface area contributed by atoms with Gasteiger partial charge in [-0.15, -0.1) is 0 Å². The lowest BCUT2D eigenvalue weighted by Gasteiger charge is -2.19. The quantitative estimate of drug-likeness (QED) is 0.478. The zero-order chi connectivity index (χ0) is 14.4. The molecule has 1 aromatic rings. The second-order valence-electron chi connectivity index (χ2n) is 4.13. The molecule has 1 aromatic carbocycles. The fraction of sp³-hybridized carbons (Fsp3) is 0.250. The molecule has 0 radical (unpaired) electrons. The van der Waals surface area contributed by atoms with Crippen molar-refractivity contribution >= 4 is 52.2 Å². The number of hydrazone groups is 1. The molecule has 1 unspecified atom stereocenters. The van der Waals surface area contributed by atoms with Gasteiger partial charge < -0.3 is 0 Å². The van der Waals surface area contributed by atoms with E-state index in [9.17, 15) is 9.59 Å². The molecular formula is C12H9Cl3N2O2. The standard InChI is InChI=1S/C12H9Cl3N2O2/c1-6-12(15,11(19)17(2)16-6)10(18)8-4-3-7(13)5-9(8)14/h3-5H,1-2H3. The summed E-state index contributed by atoms with van der Waals surface area (Å²) in [5.41, 5.74) is 0.358. The molecular weight excluding hydrogens is 311 g/mol. The molecule has 7 heteroatoms. The summed E-state index contributed by atoms with van der Waals surface area (Å²) in [6.45, 7) is 1.52. The number of benzene rings is 1. The molecule has 0 saturated carbocycles. The van der Waals surface area contributed by atoms with Crippen molar-refractivity contribution in [2.75, 3.05) is 7.05 Å². The molecule has 1 amide bonds. The van der Waals surface area contributed by atoms with E-state index in [0.29, 0.717) is 5.02 Å². The van der Waals surface area contributed by atoms with E-state index < -0.39 is 16.6 Å². The first kappa shape index (κ1) is 14.3. The summed E-state index contributed by atoms with van der Waals surface area (Å²) in [7, 11) is 1.44. The molecule has 1 aliphatic heterocycles. The Bertz CT molecular complexity index is 615. The zero-order valence-electron chi connectivity index (χ0n) is 10.1. The number of carbonyl (C=O) groups excluding carboxylic acids is 2. The van der Waals surface area contributed by atoms with Crippen LogP contribution in [0.2, 0.25) is 10.0 Å². The van der Waals surface area contributed by atoms with Gasteiger partial charge in [0, 0.05) is 17.6 Å².